The number of likely N-dealkylation sites (N-methyl/N-ethyl adjacent to an activating group) is 1. The normalized spacial score (nSPS) is 17.9. The molecule has 1 N–H and O–H groups in total. The predicted molar refractivity (Wildman–Crippen MR) is 86.0 cm³/mol. The lowest BCUT2D eigenvalue weighted by molar-refractivity contribution is -0.131. The molecule has 1 aliphatic heterocycles. The molecule has 10 nitrogen and oxygen atoms in total. The van der Waals surface area contributed by atoms with E-state index in [1.165, 1.54) is 28.8 Å². The third-order valence-electron chi connectivity index (χ3n) is 3.82. The maximum absolute atomic E-state index is 12.5. The summed E-state index contributed by atoms with van der Waals surface area (Å²) in [5.74, 6) is -0.344. The van der Waals surface area contributed by atoms with E-state index >= 15 is 0 Å². The summed E-state index contributed by atoms with van der Waals surface area (Å²) in [7, 11) is -5.77. The molecule has 2 heterocycles. The maximum atomic E-state index is 12.5. The second-order valence-electron chi connectivity index (χ2n) is 5.57. The first-order chi connectivity index (χ1) is 11.1. The minimum absolute atomic E-state index is 0.0130. The Balaban J connectivity index is 2.01. The van der Waals surface area contributed by atoms with Crippen molar-refractivity contribution in [3.8, 4) is 0 Å². The average molecular weight is 379 g/mol. The second-order valence-corrected chi connectivity index (χ2v) is 9.57. The van der Waals surface area contributed by atoms with Crippen LogP contribution in [0.2, 0.25) is 0 Å². The largest absolute Gasteiger partial charge is 0.340 e. The SMILES string of the molecule is CN(CC(=O)N1CCCN(S(=O)(=O)c2cnc[nH]2)CC1)S(C)(=O)=O. The van der Waals surface area contributed by atoms with Crippen LogP contribution in [0.15, 0.2) is 17.6 Å². The molecule has 0 aliphatic carbocycles. The number of carbonyl (C=O) groups excluding carboxylic acids is 1. The molecule has 0 atom stereocenters. The second kappa shape index (κ2) is 7.17. The summed E-state index contributed by atoms with van der Waals surface area (Å²) in [5, 5.41) is 0.0130. The number of nitrogens with zero attached hydrogens (tertiary/aromatic N) is 4. The average Bonchev–Trinajstić information content (AvgIpc) is 2.91. The molecule has 12 heteroatoms. The summed E-state index contributed by atoms with van der Waals surface area (Å²) in [6, 6.07) is 0. The summed E-state index contributed by atoms with van der Waals surface area (Å²) in [6.45, 7) is 0.768. The van der Waals surface area contributed by atoms with Crippen LogP contribution in [0.5, 0.6) is 0 Å². The fourth-order valence-electron chi connectivity index (χ4n) is 2.31. The Hall–Kier alpha value is -1.50. The van der Waals surface area contributed by atoms with Crippen molar-refractivity contribution in [3.63, 3.8) is 0 Å². The number of nitrogens with one attached hydrogen (secondary N) is 1. The lowest BCUT2D eigenvalue weighted by Crippen LogP contribution is -2.42. The fraction of sp³-hybridized carbons (Fsp3) is 0.667. The van der Waals surface area contributed by atoms with Gasteiger partial charge in [-0.05, 0) is 6.42 Å². The number of imidazole rings is 1. The van der Waals surface area contributed by atoms with Gasteiger partial charge < -0.3 is 9.88 Å². The smallest absolute Gasteiger partial charge is 0.260 e. The molecule has 1 saturated heterocycles. The molecule has 136 valence electrons. The van der Waals surface area contributed by atoms with E-state index in [9.17, 15) is 21.6 Å². The molecule has 1 aliphatic rings. The lowest BCUT2D eigenvalue weighted by atomic mass is 10.4. The minimum Gasteiger partial charge on any atom is -0.340 e. The topological polar surface area (TPSA) is 124 Å². The highest BCUT2D eigenvalue weighted by Gasteiger charge is 2.29. The van der Waals surface area contributed by atoms with Crippen LogP contribution in [0.1, 0.15) is 6.42 Å². The Morgan fingerprint density at radius 2 is 1.96 bits per heavy atom. The van der Waals surface area contributed by atoms with Crippen LogP contribution in [0.4, 0.5) is 0 Å². The minimum atomic E-state index is -3.67. The zero-order valence-corrected chi connectivity index (χ0v) is 15.2. The number of sulfonamides is 2. The first kappa shape index (κ1) is 18.8. The molecule has 0 aromatic carbocycles. The molecule has 0 bridgehead atoms. The molecule has 0 unspecified atom stereocenters. The number of H-pyrrole nitrogens is 1. The van der Waals surface area contributed by atoms with E-state index in [0.717, 1.165) is 10.6 Å². The van der Waals surface area contributed by atoms with Crippen molar-refractivity contribution in [1.82, 2.24) is 23.5 Å². The molecule has 24 heavy (non-hydrogen) atoms. The van der Waals surface area contributed by atoms with Gasteiger partial charge in [-0.15, -0.1) is 0 Å². The molecule has 2 rings (SSSR count). The molecular weight excluding hydrogens is 358 g/mol. The van der Waals surface area contributed by atoms with Gasteiger partial charge in [0.15, 0.2) is 5.03 Å². The third-order valence-corrected chi connectivity index (χ3v) is 6.91. The van der Waals surface area contributed by atoms with Gasteiger partial charge in [-0.25, -0.2) is 21.8 Å². The zero-order chi connectivity index (χ0) is 18.0. The van der Waals surface area contributed by atoms with Gasteiger partial charge in [0.25, 0.3) is 10.0 Å². The maximum Gasteiger partial charge on any atom is 0.260 e. The standard InChI is InChI=1S/C12H21N5O5S2/c1-15(23(2,19)20)9-12(18)16-4-3-5-17(7-6-16)24(21,22)11-8-13-10-14-11/h8,10H,3-7,9H2,1-2H3,(H,13,14). The van der Waals surface area contributed by atoms with Gasteiger partial charge in [0.2, 0.25) is 15.9 Å². The van der Waals surface area contributed by atoms with Crippen molar-refractivity contribution in [2.24, 2.45) is 0 Å². The van der Waals surface area contributed by atoms with Crippen LogP contribution in [0.3, 0.4) is 0 Å². The highest BCUT2D eigenvalue weighted by Crippen LogP contribution is 2.15. The van der Waals surface area contributed by atoms with Gasteiger partial charge >= 0.3 is 0 Å². The summed E-state index contributed by atoms with van der Waals surface area (Å²) in [4.78, 5) is 20.0. The van der Waals surface area contributed by atoms with Crippen LogP contribution in [0, 0.1) is 0 Å². The fourth-order valence-corrected chi connectivity index (χ4v) is 4.02. The van der Waals surface area contributed by atoms with Gasteiger partial charge in [0.05, 0.1) is 25.3 Å². The van der Waals surface area contributed by atoms with Gasteiger partial charge in [0.1, 0.15) is 0 Å². The Morgan fingerprint density at radius 3 is 2.54 bits per heavy atom. The Morgan fingerprint density at radius 1 is 1.25 bits per heavy atom. The first-order valence-electron chi connectivity index (χ1n) is 7.30. The number of hydrogen-bond donors (Lipinski definition) is 1. The molecule has 0 saturated carbocycles. The van der Waals surface area contributed by atoms with Crippen molar-refractivity contribution >= 4 is 26.0 Å². The van der Waals surface area contributed by atoms with E-state index in [1.807, 2.05) is 0 Å². The highest BCUT2D eigenvalue weighted by atomic mass is 32.2. The number of amides is 1. The molecule has 0 radical (unpaired) electrons. The van der Waals surface area contributed by atoms with Crippen LogP contribution in [0.25, 0.3) is 0 Å². The quantitative estimate of drug-likeness (QED) is 0.666. The van der Waals surface area contributed by atoms with Gasteiger partial charge in [-0.1, -0.05) is 0 Å². The van der Waals surface area contributed by atoms with Crippen LogP contribution in [-0.2, 0) is 24.8 Å². The van der Waals surface area contributed by atoms with Crippen molar-refractivity contribution in [3.05, 3.63) is 12.5 Å². The molecule has 1 aromatic rings. The Bertz CT molecular complexity index is 775. The molecule has 1 aromatic heterocycles. The van der Waals surface area contributed by atoms with Gasteiger partial charge in [-0.2, -0.15) is 8.61 Å². The van der Waals surface area contributed by atoms with Crippen LogP contribution < -0.4 is 0 Å². The number of aromatic amines is 1. The van der Waals surface area contributed by atoms with E-state index in [1.54, 1.807) is 0 Å². The molecular formula is C12H21N5O5S2. The number of carbonyl (C=O) groups is 1. The number of rotatable bonds is 5. The monoisotopic (exact) mass is 379 g/mol. The summed E-state index contributed by atoms with van der Waals surface area (Å²) in [6.07, 6.45) is 4.04. The van der Waals surface area contributed by atoms with E-state index in [0.29, 0.717) is 13.0 Å². The van der Waals surface area contributed by atoms with E-state index in [-0.39, 0.29) is 37.1 Å². The first-order valence-corrected chi connectivity index (χ1v) is 10.6. The van der Waals surface area contributed by atoms with Crippen molar-refractivity contribution in [2.75, 3.05) is 46.0 Å². The lowest BCUT2D eigenvalue weighted by Gasteiger charge is -2.23. The van der Waals surface area contributed by atoms with E-state index in [2.05, 4.69) is 9.97 Å². The van der Waals surface area contributed by atoms with Gasteiger partial charge in [-0.3, -0.25) is 4.79 Å². The molecule has 1 fully saturated rings. The zero-order valence-electron chi connectivity index (χ0n) is 13.5. The summed E-state index contributed by atoms with van der Waals surface area (Å²) in [5.41, 5.74) is 0. The molecule has 0 spiro atoms. The predicted octanol–water partition coefficient (Wildman–Crippen LogP) is -1.48. The summed E-state index contributed by atoms with van der Waals surface area (Å²) < 4.78 is 50.0. The Labute approximate surface area is 141 Å². The van der Waals surface area contributed by atoms with Crippen molar-refractivity contribution in [2.45, 2.75) is 11.4 Å². The van der Waals surface area contributed by atoms with E-state index in [4.69, 9.17) is 0 Å². The van der Waals surface area contributed by atoms with Crippen molar-refractivity contribution < 1.29 is 21.6 Å². The van der Waals surface area contributed by atoms with Gasteiger partial charge in [0, 0.05) is 33.2 Å². The van der Waals surface area contributed by atoms with Crippen LogP contribution in [-0.4, -0.2) is 92.2 Å². The highest BCUT2D eigenvalue weighted by molar-refractivity contribution is 7.89. The van der Waals surface area contributed by atoms with E-state index < -0.39 is 20.0 Å². The number of aromatic nitrogens is 2. The Kier molecular flexibility index (Phi) is 5.63. The van der Waals surface area contributed by atoms with Crippen molar-refractivity contribution in [1.29, 1.82) is 0 Å². The summed E-state index contributed by atoms with van der Waals surface area (Å²) >= 11 is 0. The molecule has 1 amide bonds. The third kappa shape index (κ3) is 4.32. The van der Waals surface area contributed by atoms with Crippen LogP contribution >= 0.6 is 0 Å². The number of hydrogen-bond acceptors (Lipinski definition) is 6.